The highest BCUT2D eigenvalue weighted by molar-refractivity contribution is 7.09. The summed E-state index contributed by atoms with van der Waals surface area (Å²) in [7, 11) is 0. The van der Waals surface area contributed by atoms with Crippen LogP contribution in [0.1, 0.15) is 37.4 Å². The van der Waals surface area contributed by atoms with E-state index >= 15 is 0 Å². The first kappa shape index (κ1) is 12.6. The number of rotatable bonds is 6. The smallest absolute Gasteiger partial charge is 0.107 e. The van der Waals surface area contributed by atoms with Gasteiger partial charge in [-0.1, -0.05) is 13.3 Å². The molecule has 0 bridgehead atoms. The average Bonchev–Trinajstić information content (AvgIpc) is 2.51. The summed E-state index contributed by atoms with van der Waals surface area (Å²) >= 11 is 1.70. The molecule has 86 valence electrons. The molecule has 0 aliphatic carbocycles. The molecule has 0 radical (unpaired) electrons. The van der Waals surface area contributed by atoms with Gasteiger partial charge in [-0.25, -0.2) is 4.98 Å². The summed E-state index contributed by atoms with van der Waals surface area (Å²) in [5, 5.41) is 6.58. The normalized spacial score (nSPS) is 15.2. The number of aryl methyl sites for hydroxylation is 1. The molecule has 0 saturated carbocycles. The van der Waals surface area contributed by atoms with Crippen molar-refractivity contribution in [2.24, 2.45) is 5.73 Å². The van der Waals surface area contributed by atoms with Gasteiger partial charge in [0.1, 0.15) is 5.01 Å². The minimum Gasteiger partial charge on any atom is -0.324 e. The maximum absolute atomic E-state index is 6.12. The summed E-state index contributed by atoms with van der Waals surface area (Å²) in [4.78, 5) is 4.39. The first-order valence-corrected chi connectivity index (χ1v) is 6.32. The lowest BCUT2D eigenvalue weighted by atomic mass is 9.98. The van der Waals surface area contributed by atoms with Crippen molar-refractivity contribution >= 4 is 11.3 Å². The Labute approximate surface area is 96.1 Å². The van der Waals surface area contributed by atoms with Crippen LogP contribution in [0.5, 0.6) is 0 Å². The molecule has 3 nitrogen and oxygen atoms in total. The third kappa shape index (κ3) is 4.73. The topological polar surface area (TPSA) is 50.9 Å². The van der Waals surface area contributed by atoms with Crippen molar-refractivity contribution in [1.82, 2.24) is 10.3 Å². The Morgan fingerprint density at radius 3 is 2.87 bits per heavy atom. The number of nitrogens with two attached hydrogens (primary N) is 1. The average molecular weight is 227 g/mol. The molecular formula is C11H21N3S. The molecule has 0 aromatic carbocycles. The lowest BCUT2D eigenvalue weighted by Crippen LogP contribution is -2.45. The molecule has 1 heterocycles. The highest BCUT2D eigenvalue weighted by atomic mass is 32.1. The molecule has 0 aliphatic heterocycles. The summed E-state index contributed by atoms with van der Waals surface area (Å²) in [5.41, 5.74) is 7.12. The molecule has 1 atom stereocenters. The Kier molecular flexibility index (Phi) is 4.70. The van der Waals surface area contributed by atoms with Gasteiger partial charge in [-0.05, 0) is 20.3 Å². The van der Waals surface area contributed by atoms with E-state index in [9.17, 15) is 0 Å². The lowest BCUT2D eigenvalue weighted by Gasteiger charge is -2.24. The molecular weight excluding hydrogens is 206 g/mol. The fourth-order valence-corrected chi connectivity index (χ4v) is 2.34. The number of nitrogens with one attached hydrogen (secondary N) is 1. The van der Waals surface area contributed by atoms with Crippen molar-refractivity contribution in [3.8, 4) is 0 Å². The van der Waals surface area contributed by atoms with Gasteiger partial charge in [0.25, 0.3) is 0 Å². The van der Waals surface area contributed by atoms with E-state index in [2.05, 4.69) is 29.5 Å². The number of hydrogen-bond donors (Lipinski definition) is 2. The zero-order chi connectivity index (χ0) is 11.3. The maximum Gasteiger partial charge on any atom is 0.107 e. The largest absolute Gasteiger partial charge is 0.324 e. The molecule has 0 amide bonds. The van der Waals surface area contributed by atoms with Crippen molar-refractivity contribution in [2.75, 3.05) is 6.54 Å². The minimum absolute atomic E-state index is 0.0962. The van der Waals surface area contributed by atoms with Crippen molar-refractivity contribution in [2.45, 2.75) is 45.7 Å². The fraction of sp³-hybridized carbons (Fsp3) is 0.727. The lowest BCUT2D eigenvalue weighted by molar-refractivity contribution is 0.396. The van der Waals surface area contributed by atoms with Crippen molar-refractivity contribution in [3.63, 3.8) is 0 Å². The molecule has 0 saturated heterocycles. The van der Waals surface area contributed by atoms with Crippen LogP contribution in [0.4, 0.5) is 0 Å². The van der Waals surface area contributed by atoms with Crippen LogP contribution in [0.15, 0.2) is 5.38 Å². The SMILES string of the molecule is CCCC(C)(N)CNCc1nc(C)cs1. The summed E-state index contributed by atoms with van der Waals surface area (Å²) in [5.74, 6) is 0. The van der Waals surface area contributed by atoms with E-state index in [4.69, 9.17) is 5.73 Å². The van der Waals surface area contributed by atoms with Gasteiger partial charge in [-0.3, -0.25) is 0 Å². The van der Waals surface area contributed by atoms with Gasteiger partial charge < -0.3 is 11.1 Å². The fourth-order valence-electron chi connectivity index (χ4n) is 1.60. The summed E-state index contributed by atoms with van der Waals surface area (Å²) < 4.78 is 0. The Bertz CT molecular complexity index is 294. The van der Waals surface area contributed by atoms with Crippen LogP contribution in [0.25, 0.3) is 0 Å². The van der Waals surface area contributed by atoms with Gasteiger partial charge in [0.05, 0.1) is 0 Å². The molecule has 0 spiro atoms. The van der Waals surface area contributed by atoms with Crippen LogP contribution in [0.2, 0.25) is 0 Å². The monoisotopic (exact) mass is 227 g/mol. The highest BCUT2D eigenvalue weighted by Crippen LogP contribution is 2.10. The third-order valence-corrected chi connectivity index (χ3v) is 3.26. The Balaban J connectivity index is 2.27. The minimum atomic E-state index is -0.0962. The molecule has 15 heavy (non-hydrogen) atoms. The zero-order valence-electron chi connectivity index (χ0n) is 9.84. The molecule has 1 aromatic heterocycles. The predicted octanol–water partition coefficient (Wildman–Crippen LogP) is 2.06. The number of hydrogen-bond acceptors (Lipinski definition) is 4. The third-order valence-electron chi connectivity index (χ3n) is 2.29. The van der Waals surface area contributed by atoms with Crippen molar-refractivity contribution < 1.29 is 0 Å². The Hall–Kier alpha value is -0.450. The second-order valence-electron chi connectivity index (χ2n) is 4.39. The van der Waals surface area contributed by atoms with E-state index in [0.29, 0.717) is 0 Å². The quantitative estimate of drug-likeness (QED) is 0.782. The zero-order valence-corrected chi connectivity index (χ0v) is 10.7. The van der Waals surface area contributed by atoms with Gasteiger partial charge in [-0.15, -0.1) is 11.3 Å². The van der Waals surface area contributed by atoms with E-state index in [1.807, 2.05) is 6.92 Å². The summed E-state index contributed by atoms with van der Waals surface area (Å²) in [6.45, 7) is 7.95. The maximum atomic E-state index is 6.12. The van der Waals surface area contributed by atoms with Gasteiger partial charge in [0.15, 0.2) is 0 Å². The van der Waals surface area contributed by atoms with Crippen LogP contribution >= 0.6 is 11.3 Å². The standard InChI is InChI=1S/C11H21N3S/c1-4-5-11(3,12)8-13-6-10-14-9(2)7-15-10/h7,13H,4-6,8,12H2,1-3H3. The van der Waals surface area contributed by atoms with Crippen LogP contribution in [0, 0.1) is 6.92 Å². The number of aromatic nitrogens is 1. The molecule has 4 heteroatoms. The predicted molar refractivity (Wildman–Crippen MR) is 66.1 cm³/mol. The highest BCUT2D eigenvalue weighted by Gasteiger charge is 2.16. The van der Waals surface area contributed by atoms with E-state index in [1.54, 1.807) is 11.3 Å². The summed E-state index contributed by atoms with van der Waals surface area (Å²) in [6.07, 6.45) is 2.18. The van der Waals surface area contributed by atoms with Crippen LogP contribution < -0.4 is 11.1 Å². The first-order chi connectivity index (χ1) is 7.03. The van der Waals surface area contributed by atoms with E-state index in [-0.39, 0.29) is 5.54 Å². The van der Waals surface area contributed by atoms with Crippen LogP contribution in [-0.4, -0.2) is 17.1 Å². The van der Waals surface area contributed by atoms with Crippen molar-refractivity contribution in [1.29, 1.82) is 0 Å². The van der Waals surface area contributed by atoms with Crippen LogP contribution in [0.3, 0.4) is 0 Å². The molecule has 1 aromatic rings. The Morgan fingerprint density at radius 1 is 1.60 bits per heavy atom. The van der Waals surface area contributed by atoms with Gasteiger partial charge in [0, 0.05) is 29.7 Å². The molecule has 0 fully saturated rings. The molecule has 1 rings (SSSR count). The molecule has 0 aliphatic rings. The van der Waals surface area contributed by atoms with Gasteiger partial charge in [-0.2, -0.15) is 0 Å². The van der Waals surface area contributed by atoms with E-state index in [1.165, 1.54) is 0 Å². The van der Waals surface area contributed by atoms with Crippen molar-refractivity contribution in [3.05, 3.63) is 16.1 Å². The van der Waals surface area contributed by atoms with E-state index < -0.39 is 0 Å². The molecule has 1 unspecified atom stereocenters. The van der Waals surface area contributed by atoms with Gasteiger partial charge >= 0.3 is 0 Å². The van der Waals surface area contributed by atoms with Crippen LogP contribution in [-0.2, 0) is 6.54 Å². The Morgan fingerprint density at radius 2 is 2.33 bits per heavy atom. The first-order valence-electron chi connectivity index (χ1n) is 5.44. The molecule has 3 N–H and O–H groups in total. The van der Waals surface area contributed by atoms with Gasteiger partial charge in [0.2, 0.25) is 0 Å². The number of thiazole rings is 1. The van der Waals surface area contributed by atoms with E-state index in [0.717, 1.165) is 36.6 Å². The second kappa shape index (κ2) is 5.58. The second-order valence-corrected chi connectivity index (χ2v) is 5.33. The summed E-state index contributed by atoms with van der Waals surface area (Å²) in [6, 6.07) is 0. The number of nitrogens with zero attached hydrogens (tertiary/aromatic N) is 1.